The van der Waals surface area contributed by atoms with Crippen molar-refractivity contribution in [1.82, 2.24) is 20.1 Å². The first-order valence-corrected chi connectivity index (χ1v) is 7.67. The molecule has 7 nitrogen and oxygen atoms in total. The average molecular weight is 300 g/mol. The Bertz CT molecular complexity index is 635. The van der Waals surface area contributed by atoms with E-state index < -0.39 is 0 Å². The number of hydrogen-bond acceptors (Lipinski definition) is 5. The maximum absolute atomic E-state index is 12.1. The molecule has 0 bridgehead atoms. The Balaban J connectivity index is 1.45. The highest BCUT2D eigenvalue weighted by Crippen LogP contribution is 2.37. The maximum Gasteiger partial charge on any atom is 0.220 e. The fourth-order valence-corrected chi connectivity index (χ4v) is 2.86. The molecule has 1 atom stereocenters. The van der Waals surface area contributed by atoms with E-state index in [4.69, 9.17) is 6.42 Å². The molecular weight excluding hydrogens is 280 g/mol. The number of fused-ring (bicyclic) bond motifs is 1. The zero-order valence-corrected chi connectivity index (χ0v) is 12.7. The number of rotatable bonds is 6. The number of carbonyl (C=O) groups is 1. The SMILES string of the molecule is C#CCCC1(CCC(=O)NC2CCc3nnc(C)n3C2)N=N1. The summed E-state index contributed by atoms with van der Waals surface area (Å²) >= 11 is 0. The van der Waals surface area contributed by atoms with E-state index in [2.05, 4.69) is 36.2 Å². The van der Waals surface area contributed by atoms with Crippen LogP contribution in [0.3, 0.4) is 0 Å². The molecule has 0 saturated carbocycles. The second-order valence-electron chi connectivity index (χ2n) is 5.96. The lowest BCUT2D eigenvalue weighted by atomic mass is 10.0. The van der Waals surface area contributed by atoms with Crippen LogP contribution in [0.1, 0.15) is 43.8 Å². The number of nitrogens with zero attached hydrogens (tertiary/aromatic N) is 5. The summed E-state index contributed by atoms with van der Waals surface area (Å²) in [7, 11) is 0. The summed E-state index contributed by atoms with van der Waals surface area (Å²) in [6.07, 6.45) is 9.47. The molecule has 3 rings (SSSR count). The van der Waals surface area contributed by atoms with Gasteiger partial charge in [0.25, 0.3) is 0 Å². The molecular formula is C15H20N6O. The van der Waals surface area contributed by atoms with Crippen molar-refractivity contribution in [1.29, 1.82) is 0 Å². The molecule has 0 aromatic carbocycles. The van der Waals surface area contributed by atoms with Gasteiger partial charge in [0.2, 0.25) is 5.91 Å². The van der Waals surface area contributed by atoms with E-state index in [0.29, 0.717) is 19.3 Å². The summed E-state index contributed by atoms with van der Waals surface area (Å²) in [4.78, 5) is 12.1. The second kappa shape index (κ2) is 5.87. The Morgan fingerprint density at radius 1 is 1.45 bits per heavy atom. The van der Waals surface area contributed by atoms with Crippen LogP contribution >= 0.6 is 0 Å². The van der Waals surface area contributed by atoms with E-state index in [9.17, 15) is 4.79 Å². The molecule has 0 radical (unpaired) electrons. The molecule has 22 heavy (non-hydrogen) atoms. The van der Waals surface area contributed by atoms with Crippen molar-refractivity contribution in [3.05, 3.63) is 11.6 Å². The van der Waals surface area contributed by atoms with Gasteiger partial charge in [0.05, 0.1) is 0 Å². The van der Waals surface area contributed by atoms with Crippen LogP contribution in [-0.4, -0.2) is 32.4 Å². The van der Waals surface area contributed by atoms with Crippen molar-refractivity contribution in [3.63, 3.8) is 0 Å². The molecule has 116 valence electrons. The van der Waals surface area contributed by atoms with E-state index in [0.717, 1.165) is 37.5 Å². The molecule has 1 aromatic heterocycles. The van der Waals surface area contributed by atoms with Crippen LogP contribution in [0.2, 0.25) is 0 Å². The van der Waals surface area contributed by atoms with E-state index >= 15 is 0 Å². The van der Waals surface area contributed by atoms with Crippen LogP contribution in [-0.2, 0) is 17.8 Å². The first-order chi connectivity index (χ1) is 10.6. The molecule has 0 aliphatic carbocycles. The first kappa shape index (κ1) is 14.7. The molecule has 1 unspecified atom stereocenters. The lowest BCUT2D eigenvalue weighted by Crippen LogP contribution is -2.41. The van der Waals surface area contributed by atoms with Gasteiger partial charge in [-0.15, -0.1) is 22.5 Å². The largest absolute Gasteiger partial charge is 0.352 e. The Kier molecular flexibility index (Phi) is 3.92. The quantitative estimate of drug-likeness (QED) is 0.805. The predicted molar refractivity (Wildman–Crippen MR) is 79.9 cm³/mol. The van der Waals surface area contributed by atoms with Crippen LogP contribution in [0.25, 0.3) is 0 Å². The summed E-state index contributed by atoms with van der Waals surface area (Å²) in [6, 6.07) is 0.143. The van der Waals surface area contributed by atoms with Gasteiger partial charge in [0.1, 0.15) is 11.6 Å². The van der Waals surface area contributed by atoms with Crippen molar-refractivity contribution >= 4 is 5.91 Å². The molecule has 1 aromatic rings. The van der Waals surface area contributed by atoms with Gasteiger partial charge < -0.3 is 9.88 Å². The minimum Gasteiger partial charge on any atom is -0.352 e. The number of aryl methyl sites for hydroxylation is 2. The highest BCUT2D eigenvalue weighted by atomic mass is 16.1. The molecule has 2 aliphatic heterocycles. The van der Waals surface area contributed by atoms with Gasteiger partial charge in [-0.25, -0.2) is 0 Å². The van der Waals surface area contributed by atoms with Gasteiger partial charge >= 0.3 is 0 Å². The number of hydrogen-bond donors (Lipinski definition) is 1. The molecule has 0 fully saturated rings. The fourth-order valence-electron chi connectivity index (χ4n) is 2.86. The van der Waals surface area contributed by atoms with Crippen LogP contribution in [0.5, 0.6) is 0 Å². The number of carbonyl (C=O) groups excluding carboxylic acids is 1. The number of nitrogens with one attached hydrogen (secondary N) is 1. The van der Waals surface area contributed by atoms with E-state index in [1.807, 2.05) is 6.92 Å². The van der Waals surface area contributed by atoms with Crippen molar-refractivity contribution in [2.45, 2.75) is 63.7 Å². The predicted octanol–water partition coefficient (Wildman–Crippen LogP) is 1.37. The topological polar surface area (TPSA) is 84.5 Å². The van der Waals surface area contributed by atoms with Crippen LogP contribution in [0.15, 0.2) is 10.2 Å². The van der Waals surface area contributed by atoms with Gasteiger partial charge in [-0.1, -0.05) is 0 Å². The Morgan fingerprint density at radius 3 is 3.00 bits per heavy atom. The molecule has 3 heterocycles. The monoisotopic (exact) mass is 300 g/mol. The average Bonchev–Trinajstić information content (AvgIpc) is 3.21. The van der Waals surface area contributed by atoms with Gasteiger partial charge in [-0.2, -0.15) is 10.2 Å². The van der Waals surface area contributed by atoms with Gasteiger partial charge in [-0.05, 0) is 13.3 Å². The van der Waals surface area contributed by atoms with Gasteiger partial charge in [0, 0.05) is 44.7 Å². The lowest BCUT2D eigenvalue weighted by molar-refractivity contribution is -0.122. The minimum absolute atomic E-state index is 0.0524. The van der Waals surface area contributed by atoms with Crippen molar-refractivity contribution in [2.24, 2.45) is 10.2 Å². The second-order valence-corrected chi connectivity index (χ2v) is 5.96. The Hall–Kier alpha value is -2.23. The number of aromatic nitrogens is 3. The summed E-state index contributed by atoms with van der Waals surface area (Å²) in [5.74, 6) is 4.55. The molecule has 2 aliphatic rings. The normalized spacial score (nSPS) is 21.0. The zero-order chi connectivity index (χ0) is 15.6. The van der Waals surface area contributed by atoms with E-state index in [-0.39, 0.29) is 17.6 Å². The Morgan fingerprint density at radius 2 is 2.27 bits per heavy atom. The van der Waals surface area contributed by atoms with Gasteiger partial charge in [-0.3, -0.25) is 4.79 Å². The standard InChI is InChI=1S/C15H20N6O/c1-3-4-8-15(19-20-15)9-7-14(22)16-12-5-6-13-18-17-11(2)21(13)10-12/h1,12H,4-10H2,2H3,(H,16,22). The van der Waals surface area contributed by atoms with Crippen LogP contribution < -0.4 is 5.32 Å². The van der Waals surface area contributed by atoms with Crippen molar-refractivity contribution in [2.75, 3.05) is 0 Å². The smallest absolute Gasteiger partial charge is 0.220 e. The molecule has 1 N–H and O–H groups in total. The Labute approximate surface area is 129 Å². The first-order valence-electron chi connectivity index (χ1n) is 7.67. The fraction of sp³-hybridized carbons (Fsp3) is 0.667. The van der Waals surface area contributed by atoms with E-state index in [1.165, 1.54) is 0 Å². The van der Waals surface area contributed by atoms with Crippen molar-refractivity contribution < 1.29 is 4.79 Å². The number of terminal acetylenes is 1. The van der Waals surface area contributed by atoms with Crippen LogP contribution in [0, 0.1) is 19.3 Å². The summed E-state index contributed by atoms with van der Waals surface area (Å²) in [6.45, 7) is 2.68. The summed E-state index contributed by atoms with van der Waals surface area (Å²) in [5.41, 5.74) is -0.381. The molecule has 7 heteroatoms. The molecule has 0 saturated heterocycles. The third-order valence-corrected chi connectivity index (χ3v) is 4.30. The summed E-state index contributed by atoms with van der Waals surface area (Å²) < 4.78 is 2.08. The van der Waals surface area contributed by atoms with Crippen molar-refractivity contribution in [3.8, 4) is 12.3 Å². The van der Waals surface area contributed by atoms with Crippen LogP contribution in [0.4, 0.5) is 0 Å². The molecule has 0 spiro atoms. The highest BCUT2D eigenvalue weighted by molar-refractivity contribution is 5.76. The molecule has 1 amide bonds. The zero-order valence-electron chi connectivity index (χ0n) is 12.7. The lowest BCUT2D eigenvalue weighted by Gasteiger charge is -2.25. The maximum atomic E-state index is 12.1. The van der Waals surface area contributed by atoms with E-state index in [1.54, 1.807) is 0 Å². The highest BCUT2D eigenvalue weighted by Gasteiger charge is 2.39. The van der Waals surface area contributed by atoms with Gasteiger partial charge in [0.15, 0.2) is 5.66 Å². The minimum atomic E-state index is -0.381. The summed E-state index contributed by atoms with van der Waals surface area (Å²) in [5, 5.41) is 19.4. The number of amides is 1. The third-order valence-electron chi connectivity index (χ3n) is 4.30. The third kappa shape index (κ3) is 3.16.